The lowest BCUT2D eigenvalue weighted by atomic mass is 10.1. The van der Waals surface area contributed by atoms with Crippen molar-refractivity contribution in [2.75, 3.05) is 27.9 Å². The number of nitrogens with one attached hydrogen (secondary N) is 1. The molecule has 2 rings (SSSR count). The maximum Gasteiger partial charge on any atom is 0.407 e. The van der Waals surface area contributed by atoms with E-state index >= 15 is 0 Å². The molecule has 1 aromatic carbocycles. The van der Waals surface area contributed by atoms with Crippen LogP contribution in [-0.2, 0) is 20.8 Å². The third kappa shape index (κ3) is 3.53. The van der Waals surface area contributed by atoms with Crippen LogP contribution >= 0.6 is 0 Å². The second kappa shape index (κ2) is 6.99. The van der Waals surface area contributed by atoms with Gasteiger partial charge in [-0.3, -0.25) is 4.79 Å². The number of nitrogens with zero attached hydrogens (tertiary/aromatic N) is 1. The van der Waals surface area contributed by atoms with Gasteiger partial charge >= 0.3 is 12.1 Å². The molecule has 1 aliphatic rings. The van der Waals surface area contributed by atoms with Gasteiger partial charge in [-0.15, -0.1) is 0 Å². The van der Waals surface area contributed by atoms with Gasteiger partial charge in [-0.25, -0.2) is 9.59 Å². The Labute approximate surface area is 133 Å². The van der Waals surface area contributed by atoms with Gasteiger partial charge in [0.2, 0.25) is 0 Å². The molecule has 1 aromatic rings. The number of carbonyl (C=O) groups is 3. The molecule has 8 nitrogen and oxygen atoms in total. The minimum Gasteiger partial charge on any atom is -0.497 e. The third-order valence-electron chi connectivity index (χ3n) is 3.56. The van der Waals surface area contributed by atoms with E-state index < -0.39 is 18.1 Å². The van der Waals surface area contributed by atoms with E-state index in [2.05, 4.69) is 14.8 Å². The Morgan fingerprint density at radius 3 is 2.61 bits per heavy atom. The Hall–Kier alpha value is -2.77. The fraction of sp³-hybridized carbons (Fsp3) is 0.400. The maximum absolute atomic E-state index is 12.4. The van der Waals surface area contributed by atoms with Crippen LogP contribution in [0.15, 0.2) is 18.2 Å². The highest BCUT2D eigenvalue weighted by atomic mass is 16.5. The SMILES string of the molecule is COC(=O)N[C@H](CN1Cc2ccc(OC)cc2C1=O)C(=O)OC. The van der Waals surface area contributed by atoms with Crippen molar-refractivity contribution in [3.05, 3.63) is 29.3 Å². The molecule has 0 aromatic heterocycles. The zero-order valence-corrected chi connectivity index (χ0v) is 13.1. The molecule has 2 amide bonds. The largest absolute Gasteiger partial charge is 0.497 e. The van der Waals surface area contributed by atoms with Crippen LogP contribution < -0.4 is 10.1 Å². The first-order chi connectivity index (χ1) is 11.0. The fourth-order valence-corrected chi connectivity index (χ4v) is 2.36. The molecule has 124 valence electrons. The lowest BCUT2D eigenvalue weighted by molar-refractivity contribution is -0.143. The monoisotopic (exact) mass is 322 g/mol. The summed E-state index contributed by atoms with van der Waals surface area (Å²) in [5.74, 6) is -0.313. The summed E-state index contributed by atoms with van der Waals surface area (Å²) >= 11 is 0. The van der Waals surface area contributed by atoms with E-state index in [0.717, 1.165) is 5.56 Å². The molecule has 0 aliphatic carbocycles. The number of amides is 2. The molecule has 0 unspecified atom stereocenters. The molecule has 23 heavy (non-hydrogen) atoms. The quantitative estimate of drug-likeness (QED) is 0.796. The van der Waals surface area contributed by atoms with Gasteiger partial charge in [-0.1, -0.05) is 6.07 Å². The summed E-state index contributed by atoms with van der Waals surface area (Å²) in [4.78, 5) is 37.0. The minimum atomic E-state index is -1.01. The number of hydrogen-bond acceptors (Lipinski definition) is 6. The van der Waals surface area contributed by atoms with Crippen molar-refractivity contribution >= 4 is 18.0 Å². The smallest absolute Gasteiger partial charge is 0.407 e. The summed E-state index contributed by atoms with van der Waals surface area (Å²) in [5, 5.41) is 2.36. The van der Waals surface area contributed by atoms with E-state index in [1.54, 1.807) is 18.2 Å². The van der Waals surface area contributed by atoms with Crippen LogP contribution in [0.5, 0.6) is 5.75 Å². The summed E-state index contributed by atoms with van der Waals surface area (Å²) in [6, 6.07) is 4.21. The molecular weight excluding hydrogens is 304 g/mol. The number of esters is 1. The van der Waals surface area contributed by atoms with Crippen LogP contribution in [0.4, 0.5) is 4.79 Å². The number of methoxy groups -OCH3 is 3. The van der Waals surface area contributed by atoms with Gasteiger partial charge in [0.1, 0.15) is 11.8 Å². The number of benzene rings is 1. The first-order valence-electron chi connectivity index (χ1n) is 6.88. The topological polar surface area (TPSA) is 94.2 Å². The van der Waals surface area contributed by atoms with Gasteiger partial charge in [-0.2, -0.15) is 0 Å². The van der Waals surface area contributed by atoms with E-state index in [-0.39, 0.29) is 12.5 Å². The zero-order chi connectivity index (χ0) is 17.0. The standard InChI is InChI=1S/C15H18N2O6/c1-21-10-5-4-9-7-17(13(18)11(9)6-10)8-12(14(19)22-2)16-15(20)23-3/h4-6,12H,7-8H2,1-3H3,(H,16,20)/t12-/m1/s1. The highest BCUT2D eigenvalue weighted by molar-refractivity contribution is 5.99. The van der Waals surface area contributed by atoms with Crippen LogP contribution in [0.1, 0.15) is 15.9 Å². The molecule has 1 heterocycles. The van der Waals surface area contributed by atoms with Gasteiger partial charge in [0.25, 0.3) is 5.91 Å². The molecule has 1 aliphatic heterocycles. The normalized spacial score (nSPS) is 14.0. The summed E-state index contributed by atoms with van der Waals surface area (Å²) in [6.45, 7) is 0.326. The van der Waals surface area contributed by atoms with Crippen LogP contribution in [-0.4, -0.2) is 56.8 Å². The number of rotatable bonds is 5. The van der Waals surface area contributed by atoms with Crippen molar-refractivity contribution in [2.45, 2.75) is 12.6 Å². The Balaban J connectivity index is 2.14. The van der Waals surface area contributed by atoms with E-state index in [4.69, 9.17) is 4.74 Å². The van der Waals surface area contributed by atoms with Gasteiger partial charge in [-0.05, 0) is 17.7 Å². The lowest BCUT2D eigenvalue weighted by Gasteiger charge is -2.22. The molecule has 0 saturated carbocycles. The fourth-order valence-electron chi connectivity index (χ4n) is 2.36. The van der Waals surface area contributed by atoms with E-state index in [1.165, 1.54) is 26.2 Å². The van der Waals surface area contributed by atoms with Crippen molar-refractivity contribution < 1.29 is 28.6 Å². The predicted octanol–water partition coefficient (Wildman–Crippen LogP) is 0.549. The van der Waals surface area contributed by atoms with Crippen molar-refractivity contribution in [1.29, 1.82) is 0 Å². The molecule has 0 radical (unpaired) electrons. The Kier molecular flexibility index (Phi) is 5.05. The van der Waals surface area contributed by atoms with E-state index in [0.29, 0.717) is 17.9 Å². The maximum atomic E-state index is 12.4. The van der Waals surface area contributed by atoms with E-state index in [9.17, 15) is 14.4 Å². The molecule has 0 spiro atoms. The van der Waals surface area contributed by atoms with Crippen molar-refractivity contribution in [3.8, 4) is 5.75 Å². The second-order valence-electron chi connectivity index (χ2n) is 4.92. The van der Waals surface area contributed by atoms with Gasteiger partial charge in [0, 0.05) is 12.1 Å². The van der Waals surface area contributed by atoms with Gasteiger partial charge in [0.05, 0.1) is 27.9 Å². The summed E-state index contributed by atoms with van der Waals surface area (Å²) in [5.41, 5.74) is 1.35. The predicted molar refractivity (Wildman–Crippen MR) is 79.1 cm³/mol. The number of fused-ring (bicyclic) bond motifs is 1. The average molecular weight is 322 g/mol. The summed E-state index contributed by atoms with van der Waals surface area (Å²) in [6.07, 6.45) is -0.772. The van der Waals surface area contributed by atoms with Crippen LogP contribution in [0, 0.1) is 0 Å². The molecule has 0 saturated heterocycles. The van der Waals surface area contributed by atoms with Crippen LogP contribution in [0.25, 0.3) is 0 Å². The molecule has 0 fully saturated rings. The first kappa shape index (κ1) is 16.6. The summed E-state index contributed by atoms with van der Waals surface area (Å²) < 4.78 is 14.2. The third-order valence-corrected chi connectivity index (χ3v) is 3.56. The molecule has 1 atom stereocenters. The lowest BCUT2D eigenvalue weighted by Crippen LogP contribution is -2.49. The number of alkyl carbamates (subject to hydrolysis) is 1. The van der Waals surface area contributed by atoms with Gasteiger partial charge in [0.15, 0.2) is 0 Å². The molecular formula is C15H18N2O6. The Morgan fingerprint density at radius 2 is 2.00 bits per heavy atom. The van der Waals surface area contributed by atoms with Crippen molar-refractivity contribution in [3.63, 3.8) is 0 Å². The van der Waals surface area contributed by atoms with Crippen molar-refractivity contribution in [2.24, 2.45) is 0 Å². The molecule has 1 N–H and O–H groups in total. The zero-order valence-electron chi connectivity index (χ0n) is 13.1. The van der Waals surface area contributed by atoms with Crippen LogP contribution in [0.3, 0.4) is 0 Å². The number of ether oxygens (including phenoxy) is 3. The van der Waals surface area contributed by atoms with Crippen molar-refractivity contribution in [1.82, 2.24) is 10.2 Å². The second-order valence-corrected chi connectivity index (χ2v) is 4.92. The first-order valence-corrected chi connectivity index (χ1v) is 6.88. The Morgan fingerprint density at radius 1 is 1.26 bits per heavy atom. The molecule has 8 heteroatoms. The summed E-state index contributed by atoms with van der Waals surface area (Å²) in [7, 11) is 3.92. The van der Waals surface area contributed by atoms with Gasteiger partial charge < -0.3 is 24.4 Å². The highest BCUT2D eigenvalue weighted by Gasteiger charge is 2.33. The highest BCUT2D eigenvalue weighted by Crippen LogP contribution is 2.26. The minimum absolute atomic E-state index is 0.0163. The Bertz CT molecular complexity index is 630. The van der Waals surface area contributed by atoms with Crippen LogP contribution in [0.2, 0.25) is 0 Å². The average Bonchev–Trinajstić information content (AvgIpc) is 2.88. The number of hydrogen-bond donors (Lipinski definition) is 1. The van der Waals surface area contributed by atoms with E-state index in [1.807, 2.05) is 0 Å². The number of carbonyl (C=O) groups excluding carboxylic acids is 3. The molecule has 0 bridgehead atoms.